The third kappa shape index (κ3) is 2.62. The molecule has 0 bridgehead atoms. The molecule has 2 nitrogen and oxygen atoms in total. The molecule has 0 aromatic carbocycles. The first kappa shape index (κ1) is 12.4. The first-order chi connectivity index (χ1) is 8.09. The fourth-order valence-electron chi connectivity index (χ4n) is 2.72. The lowest BCUT2D eigenvalue weighted by molar-refractivity contribution is 0.571. The summed E-state index contributed by atoms with van der Waals surface area (Å²) in [6.45, 7) is 11.2. The van der Waals surface area contributed by atoms with Crippen LogP contribution >= 0.6 is 0 Å². The van der Waals surface area contributed by atoms with Crippen molar-refractivity contribution in [1.82, 2.24) is 4.98 Å². The van der Waals surface area contributed by atoms with E-state index in [2.05, 4.69) is 38.7 Å². The Morgan fingerprint density at radius 3 is 2.35 bits per heavy atom. The van der Waals surface area contributed by atoms with Crippen molar-refractivity contribution >= 4 is 5.82 Å². The molecule has 1 aromatic heterocycles. The number of hydrogen-bond donors (Lipinski definition) is 0. The number of rotatable bonds is 2. The van der Waals surface area contributed by atoms with Crippen LogP contribution in [0.4, 0.5) is 5.82 Å². The average Bonchev–Trinajstić information content (AvgIpc) is 2.32. The van der Waals surface area contributed by atoms with Gasteiger partial charge in [0.2, 0.25) is 0 Å². The minimum Gasteiger partial charge on any atom is -0.356 e. The van der Waals surface area contributed by atoms with Gasteiger partial charge in [0.15, 0.2) is 0 Å². The highest BCUT2D eigenvalue weighted by Crippen LogP contribution is 2.26. The van der Waals surface area contributed by atoms with E-state index >= 15 is 0 Å². The van der Waals surface area contributed by atoms with Crippen LogP contribution in [-0.4, -0.2) is 18.1 Å². The molecule has 0 amide bonds. The topological polar surface area (TPSA) is 16.1 Å². The lowest BCUT2D eigenvalue weighted by Crippen LogP contribution is -2.31. The van der Waals surface area contributed by atoms with E-state index in [-0.39, 0.29) is 0 Å². The van der Waals surface area contributed by atoms with Gasteiger partial charge in [0, 0.05) is 18.8 Å². The van der Waals surface area contributed by atoms with Gasteiger partial charge >= 0.3 is 0 Å². The Hall–Kier alpha value is -1.05. The van der Waals surface area contributed by atoms with E-state index in [1.807, 2.05) is 0 Å². The van der Waals surface area contributed by atoms with Crippen molar-refractivity contribution in [2.24, 2.45) is 0 Å². The monoisotopic (exact) mass is 232 g/mol. The highest BCUT2D eigenvalue weighted by molar-refractivity contribution is 5.50. The second-order valence-corrected chi connectivity index (χ2v) is 5.51. The van der Waals surface area contributed by atoms with E-state index in [0.717, 1.165) is 0 Å². The highest BCUT2D eigenvalue weighted by atomic mass is 15.2. The Labute approximate surface area is 105 Å². The molecule has 1 saturated heterocycles. The maximum atomic E-state index is 4.84. The summed E-state index contributed by atoms with van der Waals surface area (Å²) in [5.41, 5.74) is 3.93. The normalized spacial score (nSPS) is 16.6. The molecule has 1 aliphatic rings. The molecule has 0 spiro atoms. The minimum absolute atomic E-state index is 0.566. The Balaban J connectivity index is 2.32. The van der Waals surface area contributed by atoms with Crippen LogP contribution in [0.2, 0.25) is 0 Å². The van der Waals surface area contributed by atoms with Gasteiger partial charge in [-0.25, -0.2) is 4.98 Å². The SMILES string of the molecule is Cc1cc(C(C)C)c(C)nc1N1CCCCC1. The number of hydrogen-bond acceptors (Lipinski definition) is 2. The van der Waals surface area contributed by atoms with E-state index in [9.17, 15) is 0 Å². The first-order valence-electron chi connectivity index (χ1n) is 6.82. The molecule has 1 fully saturated rings. The molecule has 0 unspecified atom stereocenters. The van der Waals surface area contributed by atoms with Gasteiger partial charge in [-0.1, -0.05) is 19.9 Å². The van der Waals surface area contributed by atoms with Crippen LogP contribution in [0.25, 0.3) is 0 Å². The van der Waals surface area contributed by atoms with Crippen molar-refractivity contribution in [2.45, 2.75) is 52.9 Å². The van der Waals surface area contributed by atoms with E-state index in [4.69, 9.17) is 4.98 Å². The number of pyridine rings is 1. The first-order valence-corrected chi connectivity index (χ1v) is 6.82. The van der Waals surface area contributed by atoms with Gasteiger partial charge in [-0.2, -0.15) is 0 Å². The second kappa shape index (κ2) is 5.07. The largest absolute Gasteiger partial charge is 0.356 e. The van der Waals surface area contributed by atoms with Crippen LogP contribution < -0.4 is 4.90 Å². The van der Waals surface area contributed by atoms with Crippen molar-refractivity contribution in [3.8, 4) is 0 Å². The van der Waals surface area contributed by atoms with E-state index in [1.165, 1.54) is 55.0 Å². The Morgan fingerprint density at radius 2 is 1.76 bits per heavy atom. The molecule has 1 aromatic rings. The average molecular weight is 232 g/mol. The fraction of sp³-hybridized carbons (Fsp3) is 0.667. The van der Waals surface area contributed by atoms with Gasteiger partial charge in [0.1, 0.15) is 5.82 Å². The van der Waals surface area contributed by atoms with Crippen molar-refractivity contribution in [3.63, 3.8) is 0 Å². The summed E-state index contributed by atoms with van der Waals surface area (Å²) >= 11 is 0. The predicted molar refractivity (Wildman–Crippen MR) is 73.9 cm³/mol. The maximum Gasteiger partial charge on any atom is 0.131 e. The molecule has 2 rings (SSSR count). The summed E-state index contributed by atoms with van der Waals surface area (Å²) < 4.78 is 0. The van der Waals surface area contributed by atoms with Crippen LogP contribution in [0.15, 0.2) is 6.07 Å². The summed E-state index contributed by atoms with van der Waals surface area (Å²) in [5, 5.41) is 0. The molecule has 2 heterocycles. The van der Waals surface area contributed by atoms with Crippen LogP contribution in [0, 0.1) is 13.8 Å². The number of nitrogens with zero attached hydrogens (tertiary/aromatic N) is 2. The molecule has 94 valence electrons. The summed E-state index contributed by atoms with van der Waals surface area (Å²) in [6, 6.07) is 2.33. The third-order valence-corrected chi connectivity index (χ3v) is 3.69. The number of anilines is 1. The Morgan fingerprint density at radius 1 is 1.12 bits per heavy atom. The third-order valence-electron chi connectivity index (χ3n) is 3.69. The van der Waals surface area contributed by atoms with E-state index in [0.29, 0.717) is 5.92 Å². The summed E-state index contributed by atoms with van der Waals surface area (Å²) in [5.74, 6) is 1.78. The quantitative estimate of drug-likeness (QED) is 0.770. The van der Waals surface area contributed by atoms with Crippen molar-refractivity contribution in [1.29, 1.82) is 0 Å². The van der Waals surface area contributed by atoms with E-state index < -0.39 is 0 Å². The molecule has 17 heavy (non-hydrogen) atoms. The van der Waals surface area contributed by atoms with Gasteiger partial charge in [-0.15, -0.1) is 0 Å². The van der Waals surface area contributed by atoms with Crippen LogP contribution in [0.5, 0.6) is 0 Å². The second-order valence-electron chi connectivity index (χ2n) is 5.51. The lowest BCUT2D eigenvalue weighted by atomic mass is 9.99. The van der Waals surface area contributed by atoms with Crippen molar-refractivity contribution < 1.29 is 0 Å². The number of aryl methyl sites for hydroxylation is 2. The summed E-state index contributed by atoms with van der Waals surface area (Å²) in [4.78, 5) is 7.30. The van der Waals surface area contributed by atoms with Crippen molar-refractivity contribution in [3.05, 3.63) is 22.9 Å². The number of piperidine rings is 1. The Kier molecular flexibility index (Phi) is 3.70. The molecule has 1 aliphatic heterocycles. The number of aromatic nitrogens is 1. The molecule has 0 N–H and O–H groups in total. The lowest BCUT2D eigenvalue weighted by Gasteiger charge is -2.30. The standard InChI is InChI=1S/C15H24N2/c1-11(2)14-10-12(3)15(16-13(14)4)17-8-6-5-7-9-17/h10-11H,5-9H2,1-4H3. The highest BCUT2D eigenvalue weighted by Gasteiger charge is 2.16. The molecular formula is C15H24N2. The zero-order chi connectivity index (χ0) is 12.4. The van der Waals surface area contributed by atoms with Gasteiger partial charge in [-0.3, -0.25) is 0 Å². The fourth-order valence-corrected chi connectivity index (χ4v) is 2.72. The summed E-state index contributed by atoms with van der Waals surface area (Å²) in [6.07, 6.45) is 4.00. The van der Waals surface area contributed by atoms with Crippen LogP contribution in [0.1, 0.15) is 55.8 Å². The molecule has 0 radical (unpaired) electrons. The Bertz CT molecular complexity index is 390. The molecule has 2 heteroatoms. The maximum absolute atomic E-state index is 4.84. The van der Waals surface area contributed by atoms with Crippen molar-refractivity contribution in [2.75, 3.05) is 18.0 Å². The van der Waals surface area contributed by atoms with Crippen LogP contribution in [-0.2, 0) is 0 Å². The predicted octanol–water partition coefficient (Wildman–Crippen LogP) is 3.81. The minimum atomic E-state index is 0.566. The molecular weight excluding hydrogens is 208 g/mol. The van der Waals surface area contributed by atoms with Gasteiger partial charge in [-0.05, 0) is 50.2 Å². The molecule has 0 aliphatic carbocycles. The van der Waals surface area contributed by atoms with Gasteiger partial charge < -0.3 is 4.90 Å². The van der Waals surface area contributed by atoms with Crippen LogP contribution in [0.3, 0.4) is 0 Å². The summed E-state index contributed by atoms with van der Waals surface area (Å²) in [7, 11) is 0. The van der Waals surface area contributed by atoms with Gasteiger partial charge in [0.25, 0.3) is 0 Å². The molecule has 0 saturated carbocycles. The zero-order valence-electron chi connectivity index (χ0n) is 11.6. The smallest absolute Gasteiger partial charge is 0.131 e. The molecule has 0 atom stereocenters. The van der Waals surface area contributed by atoms with E-state index in [1.54, 1.807) is 0 Å². The van der Waals surface area contributed by atoms with Gasteiger partial charge in [0.05, 0.1) is 0 Å². The zero-order valence-corrected chi connectivity index (χ0v) is 11.6.